The van der Waals surface area contributed by atoms with E-state index in [9.17, 15) is 9.00 Å². The molecule has 1 fully saturated rings. The fourth-order valence-electron chi connectivity index (χ4n) is 1.56. The fourth-order valence-corrected chi connectivity index (χ4v) is 3.19. The van der Waals surface area contributed by atoms with Crippen molar-refractivity contribution in [3.63, 3.8) is 0 Å². The van der Waals surface area contributed by atoms with Crippen molar-refractivity contribution in [1.29, 1.82) is 0 Å². The summed E-state index contributed by atoms with van der Waals surface area (Å²) in [7, 11) is -1.30. The predicted molar refractivity (Wildman–Crippen MR) is 53.7 cm³/mol. The van der Waals surface area contributed by atoms with Gasteiger partial charge in [0.1, 0.15) is 5.25 Å². The highest BCUT2D eigenvalue weighted by Gasteiger charge is 2.30. The third-order valence-corrected chi connectivity index (χ3v) is 4.50. The lowest BCUT2D eigenvalue weighted by atomic mass is 10.2. The molecule has 0 radical (unpaired) electrons. The first kappa shape index (κ1) is 11.7. The van der Waals surface area contributed by atoms with Gasteiger partial charge in [0.25, 0.3) is 0 Å². The van der Waals surface area contributed by atoms with Crippen molar-refractivity contribution in [3.05, 3.63) is 0 Å². The van der Waals surface area contributed by atoms with Gasteiger partial charge in [0.2, 0.25) is 0 Å². The third-order valence-electron chi connectivity index (χ3n) is 2.37. The molecular weight excluding hydrogens is 204 g/mol. The van der Waals surface area contributed by atoms with Crippen LogP contribution in [0.1, 0.15) is 26.2 Å². The van der Waals surface area contributed by atoms with Crippen molar-refractivity contribution in [2.45, 2.75) is 36.7 Å². The largest absolute Gasteiger partial charge is 0.480 e. The van der Waals surface area contributed by atoms with Gasteiger partial charge >= 0.3 is 5.97 Å². The lowest BCUT2D eigenvalue weighted by Crippen LogP contribution is -2.36. The van der Waals surface area contributed by atoms with Gasteiger partial charge < -0.3 is 9.84 Å². The summed E-state index contributed by atoms with van der Waals surface area (Å²) in [6, 6.07) is 0. The minimum absolute atomic E-state index is 0.0928. The Labute approximate surface area is 86.1 Å². The zero-order valence-corrected chi connectivity index (χ0v) is 9.09. The fraction of sp³-hybridized carbons (Fsp3) is 0.889. The number of hydrogen-bond donors (Lipinski definition) is 1. The van der Waals surface area contributed by atoms with Crippen LogP contribution in [-0.2, 0) is 20.3 Å². The van der Waals surface area contributed by atoms with Crippen LogP contribution >= 0.6 is 0 Å². The van der Waals surface area contributed by atoms with Gasteiger partial charge in [-0.3, -0.25) is 9.00 Å². The van der Waals surface area contributed by atoms with Crippen LogP contribution in [0, 0.1) is 0 Å². The molecule has 3 unspecified atom stereocenters. The maximum absolute atomic E-state index is 11.8. The molecular formula is C9H16O4S. The molecule has 82 valence electrons. The molecule has 5 heteroatoms. The van der Waals surface area contributed by atoms with E-state index in [4.69, 9.17) is 9.84 Å². The van der Waals surface area contributed by atoms with E-state index in [1.807, 2.05) is 0 Å². The minimum atomic E-state index is -1.30. The summed E-state index contributed by atoms with van der Waals surface area (Å²) in [5, 5.41) is 8.01. The summed E-state index contributed by atoms with van der Waals surface area (Å²) >= 11 is 0. The smallest absolute Gasteiger partial charge is 0.319 e. The molecule has 0 aromatic rings. The molecule has 1 aliphatic rings. The summed E-state index contributed by atoms with van der Waals surface area (Å²) in [5.74, 6) is -0.962. The Balaban J connectivity index is 2.56. The highest BCUT2D eigenvalue weighted by atomic mass is 32.2. The Kier molecular flexibility index (Phi) is 4.54. The molecule has 1 N–H and O–H groups in total. The molecule has 0 bridgehead atoms. The molecule has 1 saturated heterocycles. The molecule has 1 rings (SSSR count). The number of aliphatic carboxylic acids is 1. The topological polar surface area (TPSA) is 63.6 Å². The summed E-state index contributed by atoms with van der Waals surface area (Å²) in [6.07, 6.45) is 2.11. The Morgan fingerprint density at radius 3 is 2.86 bits per heavy atom. The number of carbonyl (C=O) groups is 1. The molecule has 4 nitrogen and oxygen atoms in total. The van der Waals surface area contributed by atoms with Crippen LogP contribution in [0.15, 0.2) is 0 Å². The number of carboxylic acid groups (broad SMARTS) is 1. The van der Waals surface area contributed by atoms with Gasteiger partial charge in [0.15, 0.2) is 0 Å². The molecule has 14 heavy (non-hydrogen) atoms. The minimum Gasteiger partial charge on any atom is -0.480 e. The summed E-state index contributed by atoms with van der Waals surface area (Å²) < 4.78 is 17.0. The first-order valence-corrected chi connectivity index (χ1v) is 6.14. The van der Waals surface area contributed by atoms with Crippen LogP contribution in [0.5, 0.6) is 0 Å². The van der Waals surface area contributed by atoms with Crippen LogP contribution in [0.2, 0.25) is 0 Å². The van der Waals surface area contributed by atoms with Gasteiger partial charge in [-0.1, -0.05) is 6.92 Å². The second kappa shape index (κ2) is 5.46. The number of carboxylic acids is 1. The maximum atomic E-state index is 11.8. The van der Waals surface area contributed by atoms with E-state index in [-0.39, 0.29) is 5.25 Å². The Morgan fingerprint density at radius 2 is 2.43 bits per heavy atom. The molecule has 0 aromatic heterocycles. The molecule has 0 saturated carbocycles. The Morgan fingerprint density at radius 1 is 1.71 bits per heavy atom. The summed E-state index contributed by atoms with van der Waals surface area (Å²) in [4.78, 5) is 10.8. The van der Waals surface area contributed by atoms with Crippen molar-refractivity contribution in [3.8, 4) is 0 Å². The van der Waals surface area contributed by atoms with Gasteiger partial charge in [0.05, 0.1) is 11.9 Å². The van der Waals surface area contributed by atoms with E-state index in [0.29, 0.717) is 19.6 Å². The first-order valence-electron chi connectivity index (χ1n) is 4.86. The number of hydrogen-bond acceptors (Lipinski definition) is 3. The first-order chi connectivity index (χ1) is 6.66. The van der Waals surface area contributed by atoms with E-state index in [2.05, 4.69) is 0 Å². The monoisotopic (exact) mass is 220 g/mol. The molecule has 1 aliphatic heterocycles. The van der Waals surface area contributed by atoms with Gasteiger partial charge in [-0.2, -0.15) is 0 Å². The number of ether oxygens (including phenoxy) is 1. The van der Waals surface area contributed by atoms with Crippen LogP contribution in [0.3, 0.4) is 0 Å². The van der Waals surface area contributed by atoms with Crippen LogP contribution in [0.4, 0.5) is 0 Å². The van der Waals surface area contributed by atoms with E-state index < -0.39 is 22.0 Å². The normalized spacial score (nSPS) is 26.8. The highest BCUT2D eigenvalue weighted by molar-refractivity contribution is 7.87. The lowest BCUT2D eigenvalue weighted by molar-refractivity contribution is -0.136. The second-order valence-corrected chi connectivity index (χ2v) is 5.30. The van der Waals surface area contributed by atoms with Gasteiger partial charge in [0, 0.05) is 17.4 Å². The van der Waals surface area contributed by atoms with Gasteiger partial charge in [-0.15, -0.1) is 0 Å². The van der Waals surface area contributed by atoms with Crippen molar-refractivity contribution in [2.75, 3.05) is 13.2 Å². The SMILES string of the molecule is CCC(C(=O)O)S(=O)C1CCCOC1. The van der Waals surface area contributed by atoms with E-state index in [1.165, 1.54) is 0 Å². The molecule has 0 spiro atoms. The average Bonchev–Trinajstić information content (AvgIpc) is 2.19. The van der Waals surface area contributed by atoms with Crippen LogP contribution < -0.4 is 0 Å². The van der Waals surface area contributed by atoms with Gasteiger partial charge in [-0.25, -0.2) is 0 Å². The molecule has 0 aliphatic carbocycles. The van der Waals surface area contributed by atoms with E-state index >= 15 is 0 Å². The Bertz CT molecular complexity index is 223. The van der Waals surface area contributed by atoms with Crippen LogP contribution in [-0.4, -0.2) is 39.0 Å². The molecule has 0 aromatic carbocycles. The standard InChI is InChI=1S/C9H16O4S/c1-2-8(9(10)11)14(12)7-4-3-5-13-6-7/h7-8H,2-6H2,1H3,(H,10,11). The van der Waals surface area contributed by atoms with Crippen molar-refractivity contribution in [2.24, 2.45) is 0 Å². The predicted octanol–water partition coefficient (Wildman–Crippen LogP) is 0.777. The second-order valence-electron chi connectivity index (χ2n) is 3.40. The summed E-state index contributed by atoms with van der Waals surface area (Å²) in [6.45, 7) is 2.90. The molecule has 3 atom stereocenters. The van der Waals surface area contributed by atoms with E-state index in [0.717, 1.165) is 12.8 Å². The van der Waals surface area contributed by atoms with E-state index in [1.54, 1.807) is 6.92 Å². The summed E-state index contributed by atoms with van der Waals surface area (Å²) in [5.41, 5.74) is 0. The molecule has 1 heterocycles. The maximum Gasteiger partial charge on any atom is 0.319 e. The highest BCUT2D eigenvalue weighted by Crippen LogP contribution is 2.17. The van der Waals surface area contributed by atoms with Gasteiger partial charge in [-0.05, 0) is 19.3 Å². The third kappa shape index (κ3) is 2.78. The van der Waals surface area contributed by atoms with Crippen molar-refractivity contribution in [1.82, 2.24) is 0 Å². The number of rotatable bonds is 4. The lowest BCUT2D eigenvalue weighted by Gasteiger charge is -2.23. The quantitative estimate of drug-likeness (QED) is 0.760. The van der Waals surface area contributed by atoms with Crippen molar-refractivity contribution >= 4 is 16.8 Å². The molecule has 0 amide bonds. The average molecular weight is 220 g/mol. The Hall–Kier alpha value is -0.420. The van der Waals surface area contributed by atoms with Crippen molar-refractivity contribution < 1.29 is 18.8 Å². The zero-order chi connectivity index (χ0) is 10.6. The van der Waals surface area contributed by atoms with Crippen LogP contribution in [0.25, 0.3) is 0 Å². The zero-order valence-electron chi connectivity index (χ0n) is 8.27.